The van der Waals surface area contributed by atoms with E-state index in [1.165, 1.54) is 6.07 Å². The number of carbonyl (C=O) groups excluding carboxylic acids is 1. The molecule has 166 valence electrons. The number of pyridine rings is 2. The zero-order chi connectivity index (χ0) is 23.2. The number of nitrogens with one attached hydrogen (secondary N) is 2. The number of anilines is 2. The smallest absolute Gasteiger partial charge is 0.260 e. The van der Waals surface area contributed by atoms with E-state index in [9.17, 15) is 9.59 Å². The number of rotatable bonds is 7. The lowest BCUT2D eigenvalue weighted by Crippen LogP contribution is -2.28. The maximum absolute atomic E-state index is 13.3. The lowest BCUT2D eigenvalue weighted by atomic mass is 10.1. The molecule has 4 rings (SSSR count). The Morgan fingerprint density at radius 2 is 1.73 bits per heavy atom. The van der Waals surface area contributed by atoms with Crippen LogP contribution in [0.4, 0.5) is 11.5 Å². The van der Waals surface area contributed by atoms with Gasteiger partial charge in [-0.25, -0.2) is 4.98 Å². The third kappa shape index (κ3) is 5.30. The number of hydrogen-bond donors (Lipinski definition) is 2. The van der Waals surface area contributed by atoms with Gasteiger partial charge in [-0.15, -0.1) is 0 Å². The molecule has 0 aliphatic heterocycles. The molecule has 2 heterocycles. The molecule has 2 aromatic heterocycles. The quantitative estimate of drug-likeness (QED) is 0.403. The largest absolute Gasteiger partial charge is 0.380 e. The van der Waals surface area contributed by atoms with Gasteiger partial charge in [-0.1, -0.05) is 66.2 Å². The number of halogens is 1. The van der Waals surface area contributed by atoms with Crippen LogP contribution in [0.1, 0.15) is 27.2 Å². The van der Waals surface area contributed by atoms with Gasteiger partial charge in [0.15, 0.2) is 0 Å². The summed E-state index contributed by atoms with van der Waals surface area (Å²) in [5, 5.41) is 6.65. The molecule has 7 heteroatoms. The van der Waals surface area contributed by atoms with Gasteiger partial charge in [0.2, 0.25) is 0 Å². The van der Waals surface area contributed by atoms with Gasteiger partial charge in [0, 0.05) is 29.5 Å². The molecule has 4 aromatic rings. The van der Waals surface area contributed by atoms with Gasteiger partial charge >= 0.3 is 0 Å². The number of carbonyl (C=O) groups is 1. The van der Waals surface area contributed by atoms with E-state index in [0.29, 0.717) is 34.3 Å². The molecule has 0 fully saturated rings. The molecule has 0 aliphatic carbocycles. The van der Waals surface area contributed by atoms with Crippen molar-refractivity contribution in [2.24, 2.45) is 0 Å². The zero-order valence-electron chi connectivity index (χ0n) is 18.1. The summed E-state index contributed by atoms with van der Waals surface area (Å²) in [7, 11) is 0. The minimum Gasteiger partial charge on any atom is -0.380 e. The first-order valence-electron chi connectivity index (χ1n) is 10.5. The monoisotopic (exact) mass is 458 g/mol. The van der Waals surface area contributed by atoms with Crippen LogP contribution in [0.25, 0.3) is 0 Å². The van der Waals surface area contributed by atoms with E-state index in [4.69, 9.17) is 11.6 Å². The fourth-order valence-corrected chi connectivity index (χ4v) is 3.79. The van der Waals surface area contributed by atoms with Gasteiger partial charge in [-0.3, -0.25) is 9.59 Å². The summed E-state index contributed by atoms with van der Waals surface area (Å²) in [6.07, 6.45) is 1.61. The molecule has 2 aromatic carbocycles. The molecular formula is C26H23ClN4O2. The van der Waals surface area contributed by atoms with Crippen molar-refractivity contribution >= 4 is 29.0 Å². The van der Waals surface area contributed by atoms with E-state index in [2.05, 4.69) is 15.6 Å². The highest BCUT2D eigenvalue weighted by Crippen LogP contribution is 2.22. The Labute approximate surface area is 196 Å². The molecule has 0 aliphatic rings. The van der Waals surface area contributed by atoms with Gasteiger partial charge in [0.1, 0.15) is 5.82 Å². The van der Waals surface area contributed by atoms with Crippen molar-refractivity contribution in [1.82, 2.24) is 9.55 Å². The fraction of sp³-hybridized carbons (Fsp3) is 0.115. The summed E-state index contributed by atoms with van der Waals surface area (Å²) in [5.74, 6) is 0.0782. The van der Waals surface area contributed by atoms with Crippen molar-refractivity contribution < 1.29 is 4.79 Å². The van der Waals surface area contributed by atoms with Crippen LogP contribution in [-0.4, -0.2) is 15.5 Å². The predicted octanol–water partition coefficient (Wildman–Crippen LogP) is 5.12. The van der Waals surface area contributed by atoms with Crippen LogP contribution in [0.15, 0.2) is 89.9 Å². The van der Waals surface area contributed by atoms with Crippen LogP contribution in [-0.2, 0) is 13.1 Å². The van der Waals surface area contributed by atoms with Crippen LogP contribution in [0, 0.1) is 6.92 Å². The Bertz CT molecular complexity index is 1320. The molecule has 0 atom stereocenters. The van der Waals surface area contributed by atoms with Gasteiger partial charge in [0.25, 0.3) is 11.5 Å². The fourth-order valence-electron chi connectivity index (χ4n) is 3.60. The van der Waals surface area contributed by atoms with Crippen LogP contribution in [0.5, 0.6) is 0 Å². The number of amides is 1. The minimum atomic E-state index is -0.352. The van der Waals surface area contributed by atoms with E-state index in [0.717, 1.165) is 11.1 Å². The summed E-state index contributed by atoms with van der Waals surface area (Å²) < 4.78 is 1.56. The second-order valence-corrected chi connectivity index (χ2v) is 7.95. The molecule has 1 amide bonds. The van der Waals surface area contributed by atoms with Crippen molar-refractivity contribution in [2.45, 2.75) is 20.0 Å². The van der Waals surface area contributed by atoms with Gasteiger partial charge in [-0.2, -0.15) is 0 Å². The molecule has 33 heavy (non-hydrogen) atoms. The van der Waals surface area contributed by atoms with Gasteiger partial charge < -0.3 is 15.2 Å². The number of aromatic nitrogens is 2. The van der Waals surface area contributed by atoms with Crippen LogP contribution < -0.4 is 16.2 Å². The van der Waals surface area contributed by atoms with E-state index in [1.54, 1.807) is 42.0 Å². The predicted molar refractivity (Wildman–Crippen MR) is 132 cm³/mol. The molecule has 2 N–H and O–H groups in total. The lowest BCUT2D eigenvalue weighted by Gasteiger charge is -2.19. The van der Waals surface area contributed by atoms with Gasteiger partial charge in [0.05, 0.1) is 17.8 Å². The zero-order valence-corrected chi connectivity index (χ0v) is 18.8. The second-order valence-electron chi connectivity index (χ2n) is 7.54. The summed E-state index contributed by atoms with van der Waals surface area (Å²) in [5.41, 5.74) is 2.98. The highest BCUT2D eigenvalue weighted by molar-refractivity contribution is 6.31. The first-order valence-corrected chi connectivity index (χ1v) is 10.9. The van der Waals surface area contributed by atoms with Crippen molar-refractivity contribution in [3.05, 3.63) is 123 Å². The van der Waals surface area contributed by atoms with Crippen LogP contribution in [0.2, 0.25) is 5.02 Å². The van der Waals surface area contributed by atoms with Crippen molar-refractivity contribution in [3.8, 4) is 0 Å². The number of benzene rings is 2. The maximum atomic E-state index is 13.3. The van der Waals surface area contributed by atoms with Crippen molar-refractivity contribution in [2.75, 3.05) is 10.6 Å². The summed E-state index contributed by atoms with van der Waals surface area (Å²) >= 11 is 6.32. The third-order valence-corrected chi connectivity index (χ3v) is 5.68. The maximum Gasteiger partial charge on any atom is 0.260 e. The van der Waals surface area contributed by atoms with Crippen molar-refractivity contribution in [1.29, 1.82) is 0 Å². The van der Waals surface area contributed by atoms with Crippen LogP contribution >= 0.6 is 11.6 Å². The van der Waals surface area contributed by atoms with Crippen LogP contribution in [0.3, 0.4) is 0 Å². The lowest BCUT2D eigenvalue weighted by molar-refractivity contribution is 0.102. The molecule has 0 unspecified atom stereocenters. The van der Waals surface area contributed by atoms with Crippen molar-refractivity contribution in [3.63, 3.8) is 0 Å². The Morgan fingerprint density at radius 1 is 1.00 bits per heavy atom. The Balaban J connectivity index is 1.74. The molecule has 0 spiro atoms. The average Bonchev–Trinajstić information content (AvgIpc) is 2.82. The third-order valence-electron chi connectivity index (χ3n) is 5.32. The van der Waals surface area contributed by atoms with E-state index < -0.39 is 0 Å². The average molecular weight is 459 g/mol. The molecule has 0 bridgehead atoms. The summed E-state index contributed by atoms with van der Waals surface area (Å²) in [4.78, 5) is 30.6. The highest BCUT2D eigenvalue weighted by atomic mass is 35.5. The summed E-state index contributed by atoms with van der Waals surface area (Å²) in [6.45, 7) is 2.49. The van der Waals surface area contributed by atoms with E-state index in [-0.39, 0.29) is 18.0 Å². The van der Waals surface area contributed by atoms with E-state index in [1.807, 2.05) is 48.5 Å². The second kappa shape index (κ2) is 10.1. The summed E-state index contributed by atoms with van der Waals surface area (Å²) in [6, 6.07) is 23.9. The standard InChI is InChI=1S/C26H23ClN4O2/c1-18-25(26(33)30-23-13-7-8-14-28-23)22(29-16-19-9-3-2-4-10-19)15-24(32)31(18)17-20-11-5-6-12-21(20)27/h2-15,29H,16-17H2,1H3,(H,28,30,33). The first kappa shape index (κ1) is 22.3. The normalized spacial score (nSPS) is 10.6. The SMILES string of the molecule is Cc1c(C(=O)Nc2ccccn2)c(NCc2ccccc2)cc(=O)n1Cc1ccccc1Cl. The topological polar surface area (TPSA) is 76.0 Å². The molecule has 0 saturated carbocycles. The first-order chi connectivity index (χ1) is 16.0. The minimum absolute atomic E-state index is 0.225. The number of nitrogens with zero attached hydrogens (tertiary/aromatic N) is 2. The molecular weight excluding hydrogens is 436 g/mol. The molecule has 0 radical (unpaired) electrons. The highest BCUT2D eigenvalue weighted by Gasteiger charge is 2.20. The Hall–Kier alpha value is -3.90. The molecule has 6 nitrogen and oxygen atoms in total. The Morgan fingerprint density at radius 3 is 2.45 bits per heavy atom. The Kier molecular flexibility index (Phi) is 6.86. The molecule has 0 saturated heterocycles. The number of hydrogen-bond acceptors (Lipinski definition) is 4. The van der Waals surface area contributed by atoms with Gasteiger partial charge in [-0.05, 0) is 36.2 Å². The van der Waals surface area contributed by atoms with E-state index >= 15 is 0 Å².